The fourth-order valence-corrected chi connectivity index (χ4v) is 1.43. The summed E-state index contributed by atoms with van der Waals surface area (Å²) >= 11 is 5.13. The summed E-state index contributed by atoms with van der Waals surface area (Å²) in [5, 5.41) is 0.699. The fraction of sp³-hybridized carbons (Fsp3) is 0.417. The average molecular weight is 208 g/mol. The largest absolute Gasteiger partial charge is 0.450 e. The number of unbranched alkanes of at least 4 members (excludes halogenated alkanes) is 2. The summed E-state index contributed by atoms with van der Waals surface area (Å²) < 4.78 is 5.49. The minimum Gasteiger partial charge on any atom is -0.450 e. The molecule has 1 aromatic carbocycles. The zero-order valence-electron chi connectivity index (χ0n) is 8.53. The van der Waals surface area contributed by atoms with Gasteiger partial charge in [0.15, 0.2) is 5.05 Å². The van der Waals surface area contributed by atoms with E-state index in [-0.39, 0.29) is 0 Å². The van der Waals surface area contributed by atoms with Gasteiger partial charge in [-0.15, -0.1) is 0 Å². The molecule has 0 aromatic heterocycles. The number of ether oxygens (including phenoxy) is 1. The van der Waals surface area contributed by atoms with Gasteiger partial charge in [0.2, 0.25) is 0 Å². The summed E-state index contributed by atoms with van der Waals surface area (Å²) in [6.07, 6.45) is 4.45. The fourth-order valence-electron chi connectivity index (χ4n) is 1.19. The first kappa shape index (κ1) is 11.2. The molecule has 14 heavy (non-hydrogen) atoms. The minimum absolute atomic E-state index is 0.699. The van der Waals surface area contributed by atoms with Gasteiger partial charge in [-0.2, -0.15) is 0 Å². The van der Waals surface area contributed by atoms with Crippen molar-refractivity contribution in [3.05, 3.63) is 30.3 Å². The van der Waals surface area contributed by atoms with E-state index in [2.05, 4.69) is 6.92 Å². The number of rotatable bonds is 5. The predicted octanol–water partition coefficient (Wildman–Crippen LogP) is 3.97. The highest BCUT2D eigenvalue weighted by molar-refractivity contribution is 7.80. The van der Waals surface area contributed by atoms with E-state index in [0.717, 1.165) is 18.6 Å². The van der Waals surface area contributed by atoms with Crippen molar-refractivity contribution >= 4 is 17.3 Å². The molecule has 0 aliphatic heterocycles. The number of hydrogen-bond acceptors (Lipinski definition) is 2. The first-order chi connectivity index (χ1) is 6.83. The Kier molecular flexibility index (Phi) is 5.23. The molecule has 1 nitrogen and oxygen atoms in total. The van der Waals surface area contributed by atoms with E-state index >= 15 is 0 Å². The van der Waals surface area contributed by atoms with Gasteiger partial charge in [0.05, 0.1) is 0 Å². The summed E-state index contributed by atoms with van der Waals surface area (Å²) in [6, 6.07) is 9.71. The van der Waals surface area contributed by atoms with E-state index in [4.69, 9.17) is 17.0 Å². The molecular weight excluding hydrogens is 192 g/mol. The molecule has 0 aliphatic rings. The van der Waals surface area contributed by atoms with Gasteiger partial charge in [0, 0.05) is 6.42 Å². The van der Waals surface area contributed by atoms with Crippen LogP contribution in [0.5, 0.6) is 5.75 Å². The Morgan fingerprint density at radius 1 is 1.21 bits per heavy atom. The molecule has 0 fully saturated rings. The van der Waals surface area contributed by atoms with Gasteiger partial charge in [0.1, 0.15) is 5.75 Å². The molecular formula is C12H16OS. The third-order valence-corrected chi connectivity index (χ3v) is 2.25. The monoisotopic (exact) mass is 208 g/mol. The summed E-state index contributed by atoms with van der Waals surface area (Å²) in [5.41, 5.74) is 0. The second kappa shape index (κ2) is 6.55. The van der Waals surface area contributed by atoms with Crippen LogP contribution in [0.15, 0.2) is 30.3 Å². The molecule has 2 heteroatoms. The zero-order chi connectivity index (χ0) is 10.2. The lowest BCUT2D eigenvalue weighted by atomic mass is 10.2. The van der Waals surface area contributed by atoms with Gasteiger partial charge in [-0.05, 0) is 30.8 Å². The molecule has 0 heterocycles. The number of thiocarbonyl (C=S) groups is 1. The van der Waals surface area contributed by atoms with Crippen LogP contribution in [0.2, 0.25) is 0 Å². The molecule has 0 bridgehead atoms. The first-order valence-electron chi connectivity index (χ1n) is 5.08. The highest BCUT2D eigenvalue weighted by Gasteiger charge is 1.98. The van der Waals surface area contributed by atoms with Crippen LogP contribution in [0, 0.1) is 0 Å². The Bertz CT molecular complexity index is 269. The summed E-state index contributed by atoms with van der Waals surface area (Å²) in [6.45, 7) is 2.18. The van der Waals surface area contributed by atoms with Crippen LogP contribution in [0.1, 0.15) is 32.6 Å². The third kappa shape index (κ3) is 4.38. The van der Waals surface area contributed by atoms with Crippen molar-refractivity contribution < 1.29 is 4.74 Å². The van der Waals surface area contributed by atoms with Crippen LogP contribution in [-0.4, -0.2) is 5.05 Å². The Labute approximate surface area is 91.1 Å². The van der Waals surface area contributed by atoms with E-state index in [1.165, 1.54) is 12.8 Å². The smallest absolute Gasteiger partial charge is 0.167 e. The van der Waals surface area contributed by atoms with Gasteiger partial charge in [-0.1, -0.05) is 38.0 Å². The Balaban J connectivity index is 2.27. The van der Waals surface area contributed by atoms with E-state index in [0.29, 0.717) is 5.05 Å². The Morgan fingerprint density at radius 3 is 2.57 bits per heavy atom. The van der Waals surface area contributed by atoms with Crippen LogP contribution in [0.4, 0.5) is 0 Å². The van der Waals surface area contributed by atoms with E-state index in [1.54, 1.807) is 0 Å². The maximum Gasteiger partial charge on any atom is 0.167 e. The van der Waals surface area contributed by atoms with Gasteiger partial charge in [-0.25, -0.2) is 0 Å². The molecule has 0 spiro atoms. The lowest BCUT2D eigenvalue weighted by molar-refractivity contribution is 0.539. The highest BCUT2D eigenvalue weighted by atomic mass is 32.1. The van der Waals surface area contributed by atoms with E-state index in [9.17, 15) is 0 Å². The van der Waals surface area contributed by atoms with Gasteiger partial charge < -0.3 is 4.74 Å². The third-order valence-electron chi connectivity index (χ3n) is 1.96. The average Bonchev–Trinajstić information content (AvgIpc) is 2.20. The van der Waals surface area contributed by atoms with Crippen LogP contribution in [-0.2, 0) is 0 Å². The lowest BCUT2D eigenvalue weighted by Gasteiger charge is -2.05. The van der Waals surface area contributed by atoms with Crippen molar-refractivity contribution in [1.29, 1.82) is 0 Å². The van der Waals surface area contributed by atoms with Gasteiger partial charge in [0.25, 0.3) is 0 Å². The normalized spacial score (nSPS) is 9.79. The number of benzene rings is 1. The van der Waals surface area contributed by atoms with Gasteiger partial charge >= 0.3 is 0 Å². The topological polar surface area (TPSA) is 9.23 Å². The van der Waals surface area contributed by atoms with E-state index in [1.807, 2.05) is 30.3 Å². The van der Waals surface area contributed by atoms with Crippen molar-refractivity contribution in [2.24, 2.45) is 0 Å². The van der Waals surface area contributed by atoms with Crippen LogP contribution in [0.25, 0.3) is 0 Å². The predicted molar refractivity (Wildman–Crippen MR) is 63.8 cm³/mol. The Hall–Kier alpha value is -0.890. The zero-order valence-corrected chi connectivity index (χ0v) is 9.35. The van der Waals surface area contributed by atoms with Crippen molar-refractivity contribution in [2.45, 2.75) is 32.6 Å². The minimum atomic E-state index is 0.699. The molecule has 0 amide bonds. The maximum absolute atomic E-state index is 5.49. The molecule has 1 rings (SSSR count). The van der Waals surface area contributed by atoms with Crippen LogP contribution < -0.4 is 4.74 Å². The first-order valence-corrected chi connectivity index (χ1v) is 5.49. The maximum atomic E-state index is 5.49. The summed E-state index contributed by atoms with van der Waals surface area (Å²) in [5.74, 6) is 0.842. The Morgan fingerprint density at radius 2 is 1.93 bits per heavy atom. The molecule has 0 saturated heterocycles. The standard InChI is InChI=1S/C12H16OS/c1-2-3-5-10-12(14)13-11-8-6-4-7-9-11/h4,6-9H,2-3,5,10H2,1H3. The van der Waals surface area contributed by atoms with E-state index < -0.39 is 0 Å². The van der Waals surface area contributed by atoms with Crippen molar-refractivity contribution in [2.75, 3.05) is 0 Å². The van der Waals surface area contributed by atoms with Crippen molar-refractivity contribution in [3.63, 3.8) is 0 Å². The number of para-hydroxylation sites is 1. The molecule has 0 atom stereocenters. The molecule has 0 N–H and O–H groups in total. The molecule has 0 radical (unpaired) electrons. The lowest BCUT2D eigenvalue weighted by Crippen LogP contribution is -2.04. The van der Waals surface area contributed by atoms with Crippen molar-refractivity contribution in [3.8, 4) is 5.75 Å². The molecule has 0 unspecified atom stereocenters. The van der Waals surface area contributed by atoms with Gasteiger partial charge in [-0.3, -0.25) is 0 Å². The highest BCUT2D eigenvalue weighted by Crippen LogP contribution is 2.11. The second-order valence-corrected chi connectivity index (χ2v) is 3.70. The second-order valence-electron chi connectivity index (χ2n) is 3.24. The quantitative estimate of drug-likeness (QED) is 0.535. The SMILES string of the molecule is CCCCCC(=S)Oc1ccccc1. The molecule has 0 aliphatic carbocycles. The van der Waals surface area contributed by atoms with Crippen molar-refractivity contribution in [1.82, 2.24) is 0 Å². The summed E-state index contributed by atoms with van der Waals surface area (Å²) in [4.78, 5) is 0. The molecule has 1 aromatic rings. The molecule has 76 valence electrons. The van der Waals surface area contributed by atoms with Crippen LogP contribution >= 0.6 is 12.2 Å². The number of hydrogen-bond donors (Lipinski definition) is 0. The molecule has 0 saturated carbocycles. The van der Waals surface area contributed by atoms with Crippen LogP contribution in [0.3, 0.4) is 0 Å². The summed E-state index contributed by atoms with van der Waals surface area (Å²) in [7, 11) is 0.